The van der Waals surface area contributed by atoms with Crippen molar-refractivity contribution in [3.05, 3.63) is 126 Å². The van der Waals surface area contributed by atoms with Gasteiger partial charge in [0.1, 0.15) is 18.0 Å². The second-order valence-corrected chi connectivity index (χ2v) is 14.1. The first-order chi connectivity index (χ1) is 24.5. The summed E-state index contributed by atoms with van der Waals surface area (Å²) in [6.45, 7) is 4.54. The van der Waals surface area contributed by atoms with Gasteiger partial charge in [-0.15, -0.1) is 0 Å². The van der Waals surface area contributed by atoms with Crippen molar-refractivity contribution in [2.24, 2.45) is 5.92 Å². The number of carbonyl (C=O) groups is 1. The van der Waals surface area contributed by atoms with Crippen molar-refractivity contribution in [2.75, 3.05) is 23.1 Å². The summed E-state index contributed by atoms with van der Waals surface area (Å²) in [6.07, 6.45) is 3.39. The minimum absolute atomic E-state index is 0.0140. The van der Waals surface area contributed by atoms with E-state index < -0.39 is 39.2 Å². The number of likely N-dealkylation sites (tertiary alicyclic amines) is 1. The predicted octanol–water partition coefficient (Wildman–Crippen LogP) is 7.32. The molecule has 1 aliphatic heterocycles. The first-order valence-electron chi connectivity index (χ1n) is 16.3. The van der Waals surface area contributed by atoms with E-state index in [2.05, 4.69) is 27.2 Å². The average Bonchev–Trinajstić information content (AvgIpc) is 3.12. The van der Waals surface area contributed by atoms with Gasteiger partial charge in [-0.25, -0.2) is 36.9 Å². The molecule has 0 spiro atoms. The molecule has 3 heterocycles. The summed E-state index contributed by atoms with van der Waals surface area (Å²) in [6, 6.07) is 23.5. The second-order valence-electron chi connectivity index (χ2n) is 12.4. The number of aromatic nitrogens is 3. The summed E-state index contributed by atoms with van der Waals surface area (Å²) in [5.41, 5.74) is 1.26. The molecule has 2 N–H and O–H groups in total. The van der Waals surface area contributed by atoms with Crippen LogP contribution in [-0.2, 0) is 27.1 Å². The first kappa shape index (κ1) is 35.2. The molecule has 0 radical (unpaired) electrons. The summed E-state index contributed by atoms with van der Waals surface area (Å²) in [7, 11) is -4.13. The quantitative estimate of drug-likeness (QED) is 0.144. The number of benzene rings is 3. The maximum Gasteiger partial charge on any atom is 0.410 e. The van der Waals surface area contributed by atoms with E-state index in [1.807, 2.05) is 35.1 Å². The smallest absolute Gasteiger partial charge is 0.410 e. The van der Waals surface area contributed by atoms with Crippen LogP contribution in [0, 0.1) is 24.5 Å². The molecular weight excluding hydrogens is 679 g/mol. The van der Waals surface area contributed by atoms with Crippen molar-refractivity contribution >= 4 is 27.8 Å². The minimum atomic E-state index is -4.13. The lowest BCUT2D eigenvalue weighted by Crippen LogP contribution is -2.48. The van der Waals surface area contributed by atoms with Crippen LogP contribution >= 0.6 is 0 Å². The van der Waals surface area contributed by atoms with Crippen LogP contribution in [0.1, 0.15) is 30.0 Å². The Morgan fingerprint density at radius 1 is 0.941 bits per heavy atom. The van der Waals surface area contributed by atoms with E-state index in [4.69, 9.17) is 9.47 Å². The van der Waals surface area contributed by atoms with Crippen LogP contribution in [0.4, 0.5) is 25.2 Å². The molecule has 1 aliphatic rings. The molecule has 0 bridgehead atoms. The van der Waals surface area contributed by atoms with Crippen LogP contribution in [-0.4, -0.2) is 53.5 Å². The number of carbonyl (C=O) groups excluding carboxylic acids is 1. The van der Waals surface area contributed by atoms with E-state index in [-0.39, 0.29) is 35.8 Å². The Balaban J connectivity index is 1.16. The molecule has 1 amide bonds. The van der Waals surface area contributed by atoms with Gasteiger partial charge in [0.05, 0.1) is 17.0 Å². The van der Waals surface area contributed by atoms with Crippen molar-refractivity contribution < 1.29 is 31.5 Å². The molecule has 0 saturated carbocycles. The lowest BCUT2D eigenvalue weighted by atomic mass is 9.96. The number of hydrogen-bond donors (Lipinski definition) is 2. The van der Waals surface area contributed by atoms with E-state index in [1.165, 1.54) is 13.1 Å². The summed E-state index contributed by atoms with van der Waals surface area (Å²) >= 11 is 0. The van der Waals surface area contributed by atoms with Crippen LogP contribution < -0.4 is 14.8 Å². The van der Waals surface area contributed by atoms with E-state index in [9.17, 15) is 13.2 Å². The van der Waals surface area contributed by atoms with E-state index in [0.29, 0.717) is 35.9 Å². The average molecular weight is 715 g/mol. The normalized spacial score (nSPS) is 16.0. The third-order valence-corrected chi connectivity index (χ3v) is 9.47. The molecule has 5 aromatic rings. The van der Waals surface area contributed by atoms with Crippen LogP contribution in [0.3, 0.4) is 0 Å². The van der Waals surface area contributed by atoms with Gasteiger partial charge in [0, 0.05) is 43.2 Å². The van der Waals surface area contributed by atoms with Crippen molar-refractivity contribution in [1.29, 1.82) is 0 Å². The van der Waals surface area contributed by atoms with Crippen molar-refractivity contribution in [2.45, 2.75) is 38.7 Å². The lowest BCUT2D eigenvalue weighted by Gasteiger charge is -2.36. The zero-order valence-corrected chi connectivity index (χ0v) is 28.7. The van der Waals surface area contributed by atoms with Gasteiger partial charge < -0.3 is 19.7 Å². The molecule has 51 heavy (non-hydrogen) atoms. The van der Waals surface area contributed by atoms with Crippen LogP contribution in [0.15, 0.2) is 97.3 Å². The number of halogens is 2. The van der Waals surface area contributed by atoms with E-state index in [0.717, 1.165) is 18.1 Å². The lowest BCUT2D eigenvalue weighted by molar-refractivity contribution is 0.0783. The number of hydrogen-bond acceptors (Lipinski definition) is 9. The molecule has 0 unspecified atom stereocenters. The van der Waals surface area contributed by atoms with E-state index in [1.54, 1.807) is 59.6 Å². The summed E-state index contributed by atoms with van der Waals surface area (Å²) in [4.78, 5) is 27.9. The molecule has 1 fully saturated rings. The Kier molecular flexibility index (Phi) is 10.7. The molecule has 1 saturated heterocycles. The van der Waals surface area contributed by atoms with Crippen molar-refractivity contribution in [3.63, 3.8) is 0 Å². The van der Waals surface area contributed by atoms with Gasteiger partial charge in [0.15, 0.2) is 11.6 Å². The van der Waals surface area contributed by atoms with Gasteiger partial charge in [-0.3, -0.25) is 4.72 Å². The summed E-state index contributed by atoms with van der Waals surface area (Å²) in [5, 5.41) is 3.33. The molecule has 6 rings (SSSR count). The highest BCUT2D eigenvalue weighted by molar-refractivity contribution is 7.91. The SMILES string of the molecule is Cc1c(Oc2ncccc2-c2ccnc(N[C@H]3C[C@@H](C)CN(C(=O)OCc4ccccc4)C3)n2)cc(F)c(NS(=O)(=O)Cc2ccccc2)c1F. The molecule has 2 atom stereocenters. The standard InChI is InChI=1S/C37H36F2N6O5S/c1-24-18-28(21-45(20-24)37(46)49-22-26-10-5-3-6-11-26)42-36-41-17-15-31(43-36)29-14-9-16-40-35(29)50-32-19-30(38)34(33(39)25(32)2)44-51(47,48)23-27-12-7-4-8-13-27/h3-17,19,24,28,44H,18,20-23H2,1-2H3,(H,41,42,43)/t24-,28+/m1/s1. The Labute approximate surface area is 294 Å². The third kappa shape index (κ3) is 8.94. The van der Waals surface area contributed by atoms with Crippen LogP contribution in [0.25, 0.3) is 11.3 Å². The topological polar surface area (TPSA) is 136 Å². The zero-order valence-electron chi connectivity index (χ0n) is 27.9. The van der Waals surface area contributed by atoms with Gasteiger partial charge in [-0.1, -0.05) is 67.6 Å². The number of ether oxygens (including phenoxy) is 2. The zero-order chi connectivity index (χ0) is 36.0. The van der Waals surface area contributed by atoms with Gasteiger partial charge in [-0.05, 0) is 48.6 Å². The number of pyridine rings is 1. The molecule has 14 heteroatoms. The van der Waals surface area contributed by atoms with Crippen LogP contribution in [0.5, 0.6) is 11.6 Å². The molecule has 0 aliphatic carbocycles. The fraction of sp³-hybridized carbons (Fsp3) is 0.243. The van der Waals surface area contributed by atoms with Crippen LogP contribution in [0.2, 0.25) is 0 Å². The van der Waals surface area contributed by atoms with E-state index >= 15 is 8.78 Å². The highest BCUT2D eigenvalue weighted by Crippen LogP contribution is 2.36. The minimum Gasteiger partial charge on any atom is -0.445 e. The number of nitrogens with one attached hydrogen (secondary N) is 2. The molecule has 11 nitrogen and oxygen atoms in total. The second kappa shape index (κ2) is 15.5. The largest absolute Gasteiger partial charge is 0.445 e. The summed E-state index contributed by atoms with van der Waals surface area (Å²) in [5.74, 6) is -2.42. The Bertz CT molecular complexity index is 2110. The van der Waals surface area contributed by atoms with Gasteiger partial charge in [0.25, 0.3) is 0 Å². The predicted molar refractivity (Wildman–Crippen MR) is 189 cm³/mol. The number of amides is 1. The fourth-order valence-corrected chi connectivity index (χ4v) is 7.03. The number of anilines is 2. The number of nitrogens with zero attached hydrogens (tertiary/aromatic N) is 4. The summed E-state index contributed by atoms with van der Waals surface area (Å²) < 4.78 is 69.7. The molecular formula is C37H36F2N6O5S. The van der Waals surface area contributed by atoms with Crippen molar-refractivity contribution in [1.82, 2.24) is 19.9 Å². The number of piperidine rings is 1. The highest BCUT2D eigenvalue weighted by atomic mass is 32.2. The monoisotopic (exact) mass is 714 g/mol. The Hall–Kier alpha value is -5.63. The Morgan fingerprint density at radius 3 is 2.41 bits per heavy atom. The van der Waals surface area contributed by atoms with Gasteiger partial charge in [0.2, 0.25) is 21.9 Å². The maximum atomic E-state index is 15.5. The maximum absolute atomic E-state index is 15.5. The fourth-order valence-electron chi connectivity index (χ4n) is 5.83. The molecule has 3 aromatic carbocycles. The van der Waals surface area contributed by atoms with Gasteiger partial charge in [-0.2, -0.15) is 0 Å². The van der Waals surface area contributed by atoms with Crippen molar-refractivity contribution in [3.8, 4) is 22.9 Å². The molecule has 264 valence electrons. The highest BCUT2D eigenvalue weighted by Gasteiger charge is 2.30. The first-order valence-corrected chi connectivity index (χ1v) is 17.9. The number of rotatable bonds is 11. The third-order valence-electron chi connectivity index (χ3n) is 8.24. The number of sulfonamides is 1. The molecule has 2 aromatic heterocycles. The van der Waals surface area contributed by atoms with Gasteiger partial charge >= 0.3 is 6.09 Å². The Morgan fingerprint density at radius 2 is 1.67 bits per heavy atom.